The summed E-state index contributed by atoms with van der Waals surface area (Å²) in [6.45, 7) is 7.11. The van der Waals surface area contributed by atoms with Crippen LogP contribution in [0.25, 0.3) is 0 Å². The molecule has 1 rings (SSSR count). The van der Waals surface area contributed by atoms with E-state index in [1.54, 1.807) is 0 Å². The minimum atomic E-state index is 0.0827. The minimum absolute atomic E-state index is 0.0827. The summed E-state index contributed by atoms with van der Waals surface area (Å²) < 4.78 is 0. The van der Waals surface area contributed by atoms with Crippen LogP contribution in [-0.4, -0.2) is 17.4 Å². The maximum Gasteiger partial charge on any atom is 0.249 e. The molecule has 0 aliphatic heterocycles. The lowest BCUT2D eigenvalue weighted by atomic mass is 10.1. The Kier molecular flexibility index (Phi) is 5.93. The van der Waals surface area contributed by atoms with Gasteiger partial charge < -0.3 is 4.90 Å². The Bertz CT molecular complexity index is 440. The molecular weight excluding hydrogens is 246 g/mol. The van der Waals surface area contributed by atoms with Gasteiger partial charge in [0.15, 0.2) is 0 Å². The number of hydrogen-bond donors (Lipinski definition) is 0. The number of carbonyl (C=O) groups is 1. The summed E-state index contributed by atoms with van der Waals surface area (Å²) in [7, 11) is 0. The van der Waals surface area contributed by atoms with E-state index < -0.39 is 0 Å². The second kappa shape index (κ2) is 7.22. The Hall–Kier alpha value is -1.28. The molecule has 0 heterocycles. The van der Waals surface area contributed by atoms with E-state index in [1.165, 1.54) is 0 Å². The summed E-state index contributed by atoms with van der Waals surface area (Å²) in [6, 6.07) is 7.64. The van der Waals surface area contributed by atoms with Crippen molar-refractivity contribution >= 4 is 17.5 Å². The zero-order valence-corrected chi connectivity index (χ0v) is 12.0. The average molecular weight is 266 g/mol. The van der Waals surface area contributed by atoms with Crippen molar-refractivity contribution in [3.05, 3.63) is 46.5 Å². The number of allylic oxidation sites excluding steroid dienone is 1. The molecule has 0 fully saturated rings. The molecule has 1 aromatic rings. The Balaban J connectivity index is 2.83. The number of amides is 1. The highest BCUT2D eigenvalue weighted by Crippen LogP contribution is 2.18. The Labute approximate surface area is 114 Å². The lowest BCUT2D eigenvalue weighted by Crippen LogP contribution is -2.31. The molecule has 98 valence electrons. The van der Waals surface area contributed by atoms with E-state index in [2.05, 4.69) is 0 Å². The van der Waals surface area contributed by atoms with Crippen LogP contribution in [0, 0.1) is 0 Å². The van der Waals surface area contributed by atoms with E-state index in [4.69, 9.17) is 11.6 Å². The van der Waals surface area contributed by atoms with Crippen LogP contribution in [0.3, 0.4) is 0 Å². The van der Waals surface area contributed by atoms with Crippen LogP contribution in [0.2, 0.25) is 5.02 Å². The van der Waals surface area contributed by atoms with Crippen molar-refractivity contribution in [1.82, 2.24) is 4.90 Å². The summed E-state index contributed by atoms with van der Waals surface area (Å²) >= 11 is 6.12. The fraction of sp³-hybridized carbons (Fsp3) is 0.400. The maximum atomic E-state index is 12.2. The van der Waals surface area contributed by atoms with Gasteiger partial charge in [-0.25, -0.2) is 0 Å². The normalized spacial score (nSPS) is 11.4. The van der Waals surface area contributed by atoms with Gasteiger partial charge in [0.1, 0.15) is 0 Å². The molecule has 0 aliphatic rings. The third-order valence-electron chi connectivity index (χ3n) is 2.84. The monoisotopic (exact) mass is 265 g/mol. The van der Waals surface area contributed by atoms with Gasteiger partial charge in [-0.05, 0) is 31.9 Å². The van der Waals surface area contributed by atoms with Crippen molar-refractivity contribution in [3.8, 4) is 0 Å². The first-order chi connectivity index (χ1) is 8.60. The van der Waals surface area contributed by atoms with Crippen molar-refractivity contribution in [1.29, 1.82) is 0 Å². The molecule has 0 aromatic heterocycles. The minimum Gasteiger partial charge on any atom is -0.335 e. The second-order valence-electron chi connectivity index (χ2n) is 4.21. The summed E-state index contributed by atoms with van der Waals surface area (Å²) in [5.74, 6) is 0.0827. The topological polar surface area (TPSA) is 20.3 Å². The molecular formula is C15H20ClNO. The first kappa shape index (κ1) is 14.8. The van der Waals surface area contributed by atoms with Crippen LogP contribution in [0.5, 0.6) is 0 Å². The Morgan fingerprint density at radius 3 is 2.56 bits per heavy atom. The molecule has 0 bridgehead atoms. The van der Waals surface area contributed by atoms with E-state index in [0.29, 0.717) is 18.1 Å². The number of rotatable bonds is 5. The van der Waals surface area contributed by atoms with Gasteiger partial charge in [-0.1, -0.05) is 42.8 Å². The van der Waals surface area contributed by atoms with Gasteiger partial charge in [-0.2, -0.15) is 0 Å². The highest BCUT2D eigenvalue weighted by Gasteiger charge is 2.14. The first-order valence-electron chi connectivity index (χ1n) is 6.29. The highest BCUT2D eigenvalue weighted by atomic mass is 35.5. The van der Waals surface area contributed by atoms with Crippen LogP contribution >= 0.6 is 11.6 Å². The predicted octanol–water partition coefficient (Wildman–Crippen LogP) is 4.04. The molecule has 0 N–H and O–H groups in total. The van der Waals surface area contributed by atoms with Crippen molar-refractivity contribution in [2.24, 2.45) is 0 Å². The van der Waals surface area contributed by atoms with Crippen LogP contribution in [0.15, 0.2) is 35.9 Å². The van der Waals surface area contributed by atoms with E-state index >= 15 is 0 Å². The molecule has 0 saturated carbocycles. The zero-order valence-electron chi connectivity index (χ0n) is 11.2. The molecule has 0 atom stereocenters. The molecule has 0 unspecified atom stereocenters. The standard InChI is InChI=1S/C15H20ClNO/c1-4-8-12(3)15(18)17(5-2)11-13-9-6-7-10-14(13)16/h6-10H,4-5,11H2,1-3H3/b12-8-. The zero-order chi connectivity index (χ0) is 13.5. The van der Waals surface area contributed by atoms with Gasteiger partial charge >= 0.3 is 0 Å². The Morgan fingerprint density at radius 2 is 2.00 bits per heavy atom. The molecule has 0 saturated heterocycles. The van der Waals surface area contributed by atoms with Gasteiger partial charge in [0.2, 0.25) is 5.91 Å². The lowest BCUT2D eigenvalue weighted by molar-refractivity contribution is -0.127. The van der Waals surface area contributed by atoms with Crippen molar-refractivity contribution in [3.63, 3.8) is 0 Å². The molecule has 0 spiro atoms. The summed E-state index contributed by atoms with van der Waals surface area (Å²) in [5.41, 5.74) is 1.78. The second-order valence-corrected chi connectivity index (χ2v) is 4.61. The number of likely N-dealkylation sites (N-methyl/N-ethyl adjacent to an activating group) is 1. The first-order valence-corrected chi connectivity index (χ1v) is 6.67. The van der Waals surface area contributed by atoms with Crippen molar-refractivity contribution in [2.45, 2.75) is 33.7 Å². The quantitative estimate of drug-likeness (QED) is 0.736. The van der Waals surface area contributed by atoms with Gasteiger partial charge in [-0.3, -0.25) is 4.79 Å². The summed E-state index contributed by atoms with van der Waals surface area (Å²) in [6.07, 6.45) is 2.83. The largest absolute Gasteiger partial charge is 0.335 e. The van der Waals surface area contributed by atoms with E-state index in [-0.39, 0.29) is 5.91 Å². The maximum absolute atomic E-state index is 12.2. The number of benzene rings is 1. The molecule has 1 amide bonds. The van der Waals surface area contributed by atoms with Crippen LogP contribution in [0.1, 0.15) is 32.8 Å². The van der Waals surface area contributed by atoms with E-state index in [1.807, 2.05) is 56.0 Å². The van der Waals surface area contributed by atoms with Gasteiger partial charge in [0.05, 0.1) is 0 Å². The molecule has 3 heteroatoms. The highest BCUT2D eigenvalue weighted by molar-refractivity contribution is 6.31. The molecule has 2 nitrogen and oxygen atoms in total. The third-order valence-corrected chi connectivity index (χ3v) is 3.20. The van der Waals surface area contributed by atoms with Crippen LogP contribution < -0.4 is 0 Å². The van der Waals surface area contributed by atoms with Crippen LogP contribution in [0.4, 0.5) is 0 Å². The SMILES string of the molecule is CC/C=C(/C)C(=O)N(CC)Cc1ccccc1Cl. The molecule has 18 heavy (non-hydrogen) atoms. The summed E-state index contributed by atoms with van der Waals surface area (Å²) in [4.78, 5) is 14.0. The van der Waals surface area contributed by atoms with Crippen molar-refractivity contribution < 1.29 is 4.79 Å². The van der Waals surface area contributed by atoms with Gasteiger partial charge in [0, 0.05) is 23.7 Å². The smallest absolute Gasteiger partial charge is 0.249 e. The predicted molar refractivity (Wildman–Crippen MR) is 76.6 cm³/mol. The molecule has 0 radical (unpaired) electrons. The fourth-order valence-electron chi connectivity index (χ4n) is 1.80. The van der Waals surface area contributed by atoms with E-state index in [9.17, 15) is 4.79 Å². The fourth-order valence-corrected chi connectivity index (χ4v) is 2.00. The average Bonchev–Trinajstić information content (AvgIpc) is 2.37. The number of halogens is 1. The van der Waals surface area contributed by atoms with Gasteiger partial charge in [0.25, 0.3) is 0 Å². The van der Waals surface area contributed by atoms with Crippen LogP contribution in [-0.2, 0) is 11.3 Å². The summed E-state index contributed by atoms with van der Waals surface area (Å²) in [5, 5.41) is 0.709. The van der Waals surface area contributed by atoms with E-state index in [0.717, 1.165) is 17.6 Å². The lowest BCUT2D eigenvalue weighted by Gasteiger charge is -2.22. The Morgan fingerprint density at radius 1 is 1.33 bits per heavy atom. The number of nitrogens with zero attached hydrogens (tertiary/aromatic N) is 1. The molecule has 0 aliphatic carbocycles. The van der Waals surface area contributed by atoms with Gasteiger partial charge in [-0.15, -0.1) is 0 Å². The number of hydrogen-bond acceptors (Lipinski definition) is 1. The number of carbonyl (C=O) groups excluding carboxylic acids is 1. The third kappa shape index (κ3) is 3.88. The van der Waals surface area contributed by atoms with Crippen molar-refractivity contribution in [2.75, 3.05) is 6.54 Å². The molecule has 1 aromatic carbocycles.